The number of hydrogen-bond acceptors (Lipinski definition) is 4. The first-order valence-corrected chi connectivity index (χ1v) is 6.64. The summed E-state index contributed by atoms with van der Waals surface area (Å²) in [5.74, 6) is -1.86. The van der Waals surface area contributed by atoms with Gasteiger partial charge in [-0.2, -0.15) is 13.2 Å². The minimum atomic E-state index is -4.69. The Labute approximate surface area is 125 Å². The number of alkyl halides is 3. The van der Waals surface area contributed by atoms with Gasteiger partial charge < -0.3 is 9.72 Å². The molecule has 1 aromatic heterocycles. The van der Waals surface area contributed by atoms with Crippen molar-refractivity contribution in [3.05, 3.63) is 39.2 Å². The summed E-state index contributed by atoms with van der Waals surface area (Å²) in [5, 5.41) is 0. The Morgan fingerprint density at radius 1 is 1.33 bits per heavy atom. The third kappa shape index (κ3) is 3.30. The van der Waals surface area contributed by atoms with Crippen molar-refractivity contribution in [1.82, 2.24) is 4.98 Å². The van der Waals surface area contributed by atoms with E-state index in [2.05, 4.69) is 9.72 Å². The van der Waals surface area contributed by atoms with Crippen molar-refractivity contribution < 1.29 is 27.1 Å². The van der Waals surface area contributed by atoms with Crippen molar-refractivity contribution in [3.8, 4) is 10.4 Å². The number of esters is 1. The third-order valence-corrected chi connectivity index (χ3v) is 3.81. The largest absolute Gasteiger partial charge is 0.464 e. The highest BCUT2D eigenvalue weighted by Crippen LogP contribution is 2.36. The topological polar surface area (TPSA) is 42.1 Å². The number of aromatic nitrogens is 1. The number of halogens is 4. The number of benzene rings is 1. The summed E-state index contributed by atoms with van der Waals surface area (Å²) in [4.78, 5) is 14.2. The molecule has 3 nitrogen and oxygen atoms in total. The van der Waals surface area contributed by atoms with Crippen LogP contribution in [0, 0.1) is 9.77 Å². The van der Waals surface area contributed by atoms with Gasteiger partial charge in [-0.3, -0.25) is 0 Å². The summed E-state index contributed by atoms with van der Waals surface area (Å²) in [6, 6.07) is 2.04. The van der Waals surface area contributed by atoms with E-state index in [0.29, 0.717) is 6.07 Å². The molecule has 1 heterocycles. The van der Waals surface area contributed by atoms with E-state index in [4.69, 9.17) is 12.2 Å². The average Bonchev–Trinajstić information content (AvgIpc) is 2.78. The summed E-state index contributed by atoms with van der Waals surface area (Å²) in [5.41, 5.74) is -1.35. The quantitative estimate of drug-likeness (QED) is 0.501. The fourth-order valence-electron chi connectivity index (χ4n) is 1.66. The molecule has 0 radical (unpaired) electrons. The highest BCUT2D eigenvalue weighted by Gasteiger charge is 2.32. The van der Waals surface area contributed by atoms with E-state index in [1.54, 1.807) is 0 Å². The minimum Gasteiger partial charge on any atom is -0.464 e. The Balaban J connectivity index is 2.65. The smallest absolute Gasteiger partial charge is 0.416 e. The molecule has 0 bridgehead atoms. The summed E-state index contributed by atoms with van der Waals surface area (Å²) in [7, 11) is 1.12. The molecule has 0 fully saturated rings. The molecule has 0 aliphatic heterocycles. The zero-order valence-corrected chi connectivity index (χ0v) is 12.0. The number of hydrogen-bond donors (Lipinski definition) is 1. The normalized spacial score (nSPS) is 11.5. The molecule has 2 aromatic rings. The number of methoxy groups -OCH3 is 1. The van der Waals surface area contributed by atoms with Gasteiger partial charge in [-0.1, -0.05) is 0 Å². The first-order valence-electron chi connectivity index (χ1n) is 5.42. The Hall–Kier alpha value is -1.74. The van der Waals surface area contributed by atoms with Crippen LogP contribution in [-0.2, 0) is 10.9 Å². The van der Waals surface area contributed by atoms with E-state index in [0.717, 1.165) is 30.6 Å². The van der Waals surface area contributed by atoms with Gasteiger partial charge in [-0.05, 0) is 36.0 Å². The van der Waals surface area contributed by atoms with Crippen LogP contribution < -0.4 is 0 Å². The molecule has 0 saturated heterocycles. The Morgan fingerprint density at radius 3 is 2.57 bits per heavy atom. The molecule has 9 heteroatoms. The van der Waals surface area contributed by atoms with Crippen LogP contribution in [0.25, 0.3) is 10.4 Å². The van der Waals surface area contributed by atoms with Crippen molar-refractivity contribution in [3.63, 3.8) is 0 Å². The molecule has 21 heavy (non-hydrogen) atoms. The number of nitrogens with one attached hydrogen (secondary N) is 1. The van der Waals surface area contributed by atoms with Gasteiger partial charge in [0.1, 0.15) is 11.5 Å². The Morgan fingerprint density at radius 2 is 2.00 bits per heavy atom. The Kier molecular flexibility index (Phi) is 4.15. The average molecular weight is 337 g/mol. The van der Waals surface area contributed by atoms with E-state index in [1.807, 2.05) is 0 Å². The van der Waals surface area contributed by atoms with E-state index in [1.165, 1.54) is 0 Å². The van der Waals surface area contributed by atoms with Crippen LogP contribution in [0.5, 0.6) is 0 Å². The van der Waals surface area contributed by atoms with Crippen molar-refractivity contribution in [2.45, 2.75) is 6.18 Å². The first kappa shape index (κ1) is 15.6. The number of rotatable bonds is 2. The molecule has 0 saturated carbocycles. The second-order valence-corrected chi connectivity index (χ2v) is 5.62. The summed E-state index contributed by atoms with van der Waals surface area (Å²) < 4.78 is 56.2. The van der Waals surface area contributed by atoms with Crippen LogP contribution in [0.3, 0.4) is 0 Å². The standard InChI is InChI=1S/C12H7F4NO2S2/c1-19-10(18)8-9(21-11(20)17-8)5-2-6(12(14,15)16)4-7(13)3-5/h2-4H,1H3,(H,17,20). The van der Waals surface area contributed by atoms with Crippen molar-refractivity contribution in [2.75, 3.05) is 7.11 Å². The highest BCUT2D eigenvalue weighted by molar-refractivity contribution is 7.73. The minimum absolute atomic E-state index is 0.0943. The predicted octanol–water partition coefficient (Wildman–Crippen LogP) is 4.42. The molecule has 1 N–H and O–H groups in total. The van der Waals surface area contributed by atoms with Gasteiger partial charge in [-0.15, -0.1) is 11.3 Å². The molecule has 2 rings (SSSR count). The number of ether oxygens (including phenoxy) is 1. The van der Waals surface area contributed by atoms with Crippen LogP contribution in [-0.4, -0.2) is 18.1 Å². The lowest BCUT2D eigenvalue weighted by molar-refractivity contribution is -0.137. The van der Waals surface area contributed by atoms with Gasteiger partial charge in [0.05, 0.1) is 17.6 Å². The maximum atomic E-state index is 13.4. The summed E-state index contributed by atoms with van der Waals surface area (Å²) in [6.07, 6.45) is -4.69. The van der Waals surface area contributed by atoms with Crippen LogP contribution >= 0.6 is 23.6 Å². The molecular weight excluding hydrogens is 330 g/mol. The van der Waals surface area contributed by atoms with Crippen molar-refractivity contribution in [2.24, 2.45) is 0 Å². The Bertz CT molecular complexity index is 748. The molecule has 0 unspecified atom stereocenters. The predicted molar refractivity (Wildman–Crippen MR) is 71.2 cm³/mol. The molecule has 0 aliphatic carbocycles. The fraction of sp³-hybridized carbons (Fsp3) is 0.167. The molecule has 0 atom stereocenters. The maximum Gasteiger partial charge on any atom is 0.416 e. The van der Waals surface area contributed by atoms with Crippen molar-refractivity contribution in [1.29, 1.82) is 0 Å². The van der Waals surface area contributed by atoms with Gasteiger partial charge in [0.2, 0.25) is 0 Å². The molecule has 112 valence electrons. The SMILES string of the molecule is COC(=O)c1[nH]c(=S)sc1-c1cc(F)cc(C(F)(F)F)c1. The van der Waals surface area contributed by atoms with Crippen LogP contribution in [0.1, 0.15) is 16.1 Å². The number of aromatic amines is 1. The van der Waals surface area contributed by atoms with E-state index >= 15 is 0 Å². The number of H-pyrrole nitrogens is 1. The lowest BCUT2D eigenvalue weighted by atomic mass is 10.1. The number of carbonyl (C=O) groups excluding carboxylic acids is 1. The lowest BCUT2D eigenvalue weighted by Crippen LogP contribution is -2.06. The lowest BCUT2D eigenvalue weighted by Gasteiger charge is -2.09. The fourth-order valence-corrected chi connectivity index (χ4v) is 2.82. The second-order valence-electron chi connectivity index (χ2n) is 3.94. The third-order valence-electron chi connectivity index (χ3n) is 2.53. The van der Waals surface area contributed by atoms with Crippen LogP contribution in [0.2, 0.25) is 0 Å². The molecular formula is C12H7F4NO2S2. The second kappa shape index (κ2) is 5.57. The summed E-state index contributed by atoms with van der Waals surface area (Å²) >= 11 is 5.73. The number of thiazole rings is 1. The van der Waals surface area contributed by atoms with E-state index < -0.39 is 23.5 Å². The van der Waals surface area contributed by atoms with E-state index in [-0.39, 0.29) is 20.1 Å². The molecule has 0 aliphatic rings. The van der Waals surface area contributed by atoms with E-state index in [9.17, 15) is 22.4 Å². The summed E-state index contributed by atoms with van der Waals surface area (Å²) in [6.45, 7) is 0. The van der Waals surface area contributed by atoms with Gasteiger partial charge >= 0.3 is 12.1 Å². The van der Waals surface area contributed by atoms with Crippen molar-refractivity contribution >= 4 is 29.5 Å². The first-order chi connectivity index (χ1) is 9.72. The molecule has 1 aromatic carbocycles. The van der Waals surface area contributed by atoms with Gasteiger partial charge in [0.25, 0.3) is 0 Å². The monoisotopic (exact) mass is 337 g/mol. The van der Waals surface area contributed by atoms with Gasteiger partial charge in [-0.25, -0.2) is 9.18 Å². The van der Waals surface area contributed by atoms with Crippen LogP contribution in [0.4, 0.5) is 17.6 Å². The molecule has 0 amide bonds. The zero-order chi connectivity index (χ0) is 15.8. The maximum absolute atomic E-state index is 13.4. The number of carbonyl (C=O) groups is 1. The van der Waals surface area contributed by atoms with Gasteiger partial charge in [0, 0.05) is 0 Å². The zero-order valence-electron chi connectivity index (χ0n) is 10.4. The molecule has 0 spiro atoms. The highest BCUT2D eigenvalue weighted by atomic mass is 32.1. The van der Waals surface area contributed by atoms with Gasteiger partial charge in [0.15, 0.2) is 3.95 Å². The van der Waals surface area contributed by atoms with Crippen LogP contribution in [0.15, 0.2) is 18.2 Å².